The smallest absolute Gasteiger partial charge is 0.141 e. The highest BCUT2D eigenvalue weighted by atomic mass is 19.1. The number of aromatic nitrogens is 3. The molecule has 0 radical (unpaired) electrons. The Labute approximate surface area is 117 Å². The third-order valence-corrected chi connectivity index (χ3v) is 3.09. The molecule has 0 aliphatic heterocycles. The van der Waals surface area contributed by atoms with Crippen molar-refractivity contribution in [1.82, 2.24) is 20.1 Å². The summed E-state index contributed by atoms with van der Waals surface area (Å²) in [6.45, 7) is 4.49. The first-order chi connectivity index (χ1) is 9.70. The predicted molar refractivity (Wildman–Crippen MR) is 73.8 cm³/mol. The maximum atomic E-state index is 13.3. The molecule has 1 aromatic heterocycles. The molecular weight excluding hydrogens is 259 g/mol. The van der Waals surface area contributed by atoms with Gasteiger partial charge in [-0.15, -0.1) is 0 Å². The zero-order valence-corrected chi connectivity index (χ0v) is 11.8. The topological polar surface area (TPSA) is 52.0 Å². The molecular formula is C14H19FN4O. The van der Waals surface area contributed by atoms with Crippen molar-refractivity contribution in [2.45, 2.75) is 20.0 Å². The standard InChI is InChI=1S/C14H19FN4O/c1-11-3-4-13(15)7-12(11)9-19-14(17-10-18-19)8-16-5-6-20-2/h3-4,7,10,16H,5-6,8-9H2,1-2H3. The van der Waals surface area contributed by atoms with Gasteiger partial charge >= 0.3 is 0 Å². The highest BCUT2D eigenvalue weighted by molar-refractivity contribution is 5.26. The lowest BCUT2D eigenvalue weighted by Gasteiger charge is -2.09. The molecule has 1 N–H and O–H groups in total. The first kappa shape index (κ1) is 14.6. The molecule has 0 amide bonds. The van der Waals surface area contributed by atoms with Crippen molar-refractivity contribution < 1.29 is 9.13 Å². The van der Waals surface area contributed by atoms with Gasteiger partial charge in [-0.1, -0.05) is 6.07 Å². The lowest BCUT2D eigenvalue weighted by Crippen LogP contribution is -2.21. The summed E-state index contributed by atoms with van der Waals surface area (Å²) in [5.74, 6) is 0.593. The summed E-state index contributed by atoms with van der Waals surface area (Å²) in [4.78, 5) is 4.22. The van der Waals surface area contributed by atoms with Crippen molar-refractivity contribution in [2.24, 2.45) is 0 Å². The third-order valence-electron chi connectivity index (χ3n) is 3.09. The van der Waals surface area contributed by atoms with Crippen LogP contribution in [0, 0.1) is 12.7 Å². The van der Waals surface area contributed by atoms with Crippen molar-refractivity contribution in [3.8, 4) is 0 Å². The maximum Gasteiger partial charge on any atom is 0.141 e. The monoisotopic (exact) mass is 278 g/mol. The van der Waals surface area contributed by atoms with Gasteiger partial charge in [0.1, 0.15) is 18.0 Å². The largest absolute Gasteiger partial charge is 0.383 e. The highest BCUT2D eigenvalue weighted by Gasteiger charge is 2.07. The van der Waals surface area contributed by atoms with E-state index in [1.165, 1.54) is 12.4 Å². The van der Waals surface area contributed by atoms with Crippen LogP contribution < -0.4 is 5.32 Å². The lowest BCUT2D eigenvalue weighted by molar-refractivity contribution is 0.198. The van der Waals surface area contributed by atoms with Crippen LogP contribution in [-0.2, 0) is 17.8 Å². The molecule has 0 atom stereocenters. The molecule has 0 saturated carbocycles. The van der Waals surface area contributed by atoms with Gasteiger partial charge in [0.15, 0.2) is 0 Å². The number of halogens is 1. The molecule has 2 rings (SSSR count). The highest BCUT2D eigenvalue weighted by Crippen LogP contribution is 2.12. The summed E-state index contributed by atoms with van der Waals surface area (Å²) < 4.78 is 20.0. The molecule has 0 aliphatic carbocycles. The van der Waals surface area contributed by atoms with Crippen LogP contribution >= 0.6 is 0 Å². The van der Waals surface area contributed by atoms with Crippen molar-refractivity contribution in [1.29, 1.82) is 0 Å². The Morgan fingerprint density at radius 2 is 2.25 bits per heavy atom. The zero-order valence-electron chi connectivity index (χ0n) is 11.8. The average Bonchev–Trinajstić information content (AvgIpc) is 2.86. The summed E-state index contributed by atoms with van der Waals surface area (Å²) in [5, 5.41) is 7.41. The van der Waals surface area contributed by atoms with Crippen LogP contribution in [-0.4, -0.2) is 35.0 Å². The van der Waals surface area contributed by atoms with E-state index in [4.69, 9.17) is 4.74 Å². The second-order valence-corrected chi connectivity index (χ2v) is 4.57. The number of aryl methyl sites for hydroxylation is 1. The van der Waals surface area contributed by atoms with Crippen LogP contribution in [0.4, 0.5) is 4.39 Å². The summed E-state index contributed by atoms with van der Waals surface area (Å²) in [6, 6.07) is 4.78. The zero-order chi connectivity index (χ0) is 14.4. The Kier molecular flexibility index (Phi) is 5.20. The fourth-order valence-corrected chi connectivity index (χ4v) is 1.90. The lowest BCUT2D eigenvalue weighted by atomic mass is 10.1. The molecule has 0 spiro atoms. The Bertz CT molecular complexity index is 556. The van der Waals surface area contributed by atoms with Crippen molar-refractivity contribution in [3.05, 3.63) is 47.3 Å². The molecule has 6 heteroatoms. The van der Waals surface area contributed by atoms with Crippen molar-refractivity contribution in [3.63, 3.8) is 0 Å². The van der Waals surface area contributed by atoms with Crippen LogP contribution in [0.25, 0.3) is 0 Å². The number of methoxy groups -OCH3 is 1. The summed E-state index contributed by atoms with van der Waals surface area (Å²) >= 11 is 0. The van der Waals surface area contributed by atoms with Gasteiger partial charge in [-0.05, 0) is 30.2 Å². The van der Waals surface area contributed by atoms with Crippen LogP contribution in [0.3, 0.4) is 0 Å². The number of benzene rings is 1. The normalized spacial score (nSPS) is 10.9. The van der Waals surface area contributed by atoms with Gasteiger partial charge in [0, 0.05) is 13.7 Å². The Hall–Kier alpha value is -1.79. The Morgan fingerprint density at radius 3 is 3.05 bits per heavy atom. The number of rotatable bonds is 7. The van der Waals surface area contributed by atoms with E-state index in [1.54, 1.807) is 23.9 Å². The van der Waals surface area contributed by atoms with Crippen LogP contribution in [0.1, 0.15) is 17.0 Å². The minimum absolute atomic E-state index is 0.231. The molecule has 0 unspecified atom stereocenters. The van der Waals surface area contributed by atoms with Gasteiger partial charge in [0.2, 0.25) is 0 Å². The summed E-state index contributed by atoms with van der Waals surface area (Å²) in [5.41, 5.74) is 1.95. The van der Waals surface area contributed by atoms with Gasteiger partial charge in [-0.3, -0.25) is 0 Å². The molecule has 1 heterocycles. The summed E-state index contributed by atoms with van der Waals surface area (Å²) in [7, 11) is 1.66. The quantitative estimate of drug-likeness (QED) is 0.780. The number of nitrogens with zero attached hydrogens (tertiary/aromatic N) is 3. The maximum absolute atomic E-state index is 13.3. The van der Waals surface area contributed by atoms with E-state index < -0.39 is 0 Å². The second kappa shape index (κ2) is 7.12. The average molecular weight is 278 g/mol. The number of nitrogens with one attached hydrogen (secondary N) is 1. The van der Waals surface area contributed by atoms with E-state index in [9.17, 15) is 4.39 Å². The van der Waals surface area contributed by atoms with Crippen LogP contribution in [0.5, 0.6) is 0 Å². The molecule has 0 aliphatic rings. The number of hydrogen-bond acceptors (Lipinski definition) is 4. The van der Waals surface area contributed by atoms with E-state index in [0.717, 1.165) is 23.5 Å². The van der Waals surface area contributed by atoms with Gasteiger partial charge in [-0.25, -0.2) is 14.1 Å². The summed E-state index contributed by atoms with van der Waals surface area (Å²) in [6.07, 6.45) is 1.52. The first-order valence-corrected chi connectivity index (χ1v) is 6.52. The fraction of sp³-hybridized carbons (Fsp3) is 0.429. The molecule has 0 saturated heterocycles. The van der Waals surface area contributed by atoms with E-state index in [2.05, 4.69) is 15.4 Å². The molecule has 2 aromatic rings. The van der Waals surface area contributed by atoms with Gasteiger partial charge in [0.05, 0.1) is 19.7 Å². The Balaban J connectivity index is 2.02. The first-order valence-electron chi connectivity index (χ1n) is 6.52. The number of ether oxygens (including phenoxy) is 1. The van der Waals surface area contributed by atoms with E-state index in [-0.39, 0.29) is 5.82 Å². The third kappa shape index (κ3) is 3.85. The minimum Gasteiger partial charge on any atom is -0.383 e. The molecule has 20 heavy (non-hydrogen) atoms. The molecule has 0 bridgehead atoms. The minimum atomic E-state index is -0.231. The SMILES string of the molecule is COCCNCc1ncnn1Cc1cc(F)ccc1C. The van der Waals surface area contributed by atoms with Crippen LogP contribution in [0.2, 0.25) is 0 Å². The van der Waals surface area contributed by atoms with Crippen molar-refractivity contribution >= 4 is 0 Å². The van der Waals surface area contributed by atoms with Crippen LogP contribution in [0.15, 0.2) is 24.5 Å². The van der Waals surface area contributed by atoms with E-state index >= 15 is 0 Å². The van der Waals surface area contributed by atoms with Gasteiger partial charge < -0.3 is 10.1 Å². The predicted octanol–water partition coefficient (Wildman–Crippen LogP) is 1.51. The molecule has 5 nitrogen and oxygen atoms in total. The molecule has 1 aromatic carbocycles. The molecule has 108 valence electrons. The molecule has 0 fully saturated rings. The fourth-order valence-electron chi connectivity index (χ4n) is 1.90. The second-order valence-electron chi connectivity index (χ2n) is 4.57. The van der Waals surface area contributed by atoms with E-state index in [1.807, 2.05) is 6.92 Å². The van der Waals surface area contributed by atoms with Crippen molar-refractivity contribution in [2.75, 3.05) is 20.3 Å². The number of hydrogen-bond donors (Lipinski definition) is 1. The van der Waals surface area contributed by atoms with Gasteiger partial charge in [0.25, 0.3) is 0 Å². The van der Waals surface area contributed by atoms with Gasteiger partial charge in [-0.2, -0.15) is 5.10 Å². The van der Waals surface area contributed by atoms with E-state index in [0.29, 0.717) is 19.7 Å². The Morgan fingerprint density at radius 1 is 1.40 bits per heavy atom.